The molecule has 0 aliphatic rings. The molecule has 0 bridgehead atoms. The van der Waals surface area contributed by atoms with Gasteiger partial charge in [0.2, 0.25) is 0 Å². The van der Waals surface area contributed by atoms with Gasteiger partial charge in [-0.25, -0.2) is 18.3 Å². The number of hydrogen-bond donors (Lipinski definition) is 0. The van der Waals surface area contributed by atoms with E-state index in [2.05, 4.69) is 0 Å². The largest absolute Gasteiger partial charge is 0.501 e. The molecule has 0 saturated carbocycles. The van der Waals surface area contributed by atoms with Crippen LogP contribution in [-0.2, 0) is 58.3 Å². The Morgan fingerprint density at radius 3 is 0.634 bits per heavy atom. The number of rotatable bonds is 30. The molecule has 0 aliphatic carbocycles. The molecule has 13 nitrogen and oxygen atoms in total. The van der Waals surface area contributed by atoms with Crippen LogP contribution in [0.2, 0.25) is 0 Å². The normalized spacial score (nSPS) is 13.2. The van der Waals surface area contributed by atoms with Gasteiger partial charge in [-0.3, -0.25) is 27.1 Å². The summed E-state index contributed by atoms with van der Waals surface area (Å²) in [7, 11) is -19.4. The van der Waals surface area contributed by atoms with E-state index in [-0.39, 0.29) is 39.6 Å². The van der Waals surface area contributed by atoms with Crippen LogP contribution in [0.3, 0.4) is 0 Å². The lowest BCUT2D eigenvalue weighted by atomic mass is 10.4. The van der Waals surface area contributed by atoms with Crippen LogP contribution in [-0.4, -0.2) is 39.6 Å². The molecule has 0 amide bonds. The van der Waals surface area contributed by atoms with Gasteiger partial charge in [-0.05, 0) is 38.5 Å². The molecule has 0 heterocycles. The fourth-order valence-corrected chi connectivity index (χ4v) is 10.2. The van der Waals surface area contributed by atoms with Gasteiger partial charge in [-0.1, -0.05) is 80.1 Å². The highest BCUT2D eigenvalue weighted by Gasteiger charge is 2.52. The molecular weight excluding hydrogens is 620 g/mol. The lowest BCUT2D eigenvalue weighted by Crippen LogP contribution is -2.09. The lowest BCUT2D eigenvalue weighted by molar-refractivity contribution is 0.106. The van der Waals surface area contributed by atoms with E-state index in [0.717, 1.165) is 0 Å². The molecule has 0 saturated heterocycles. The Hall–Kier alpha value is 0.560. The Morgan fingerprint density at radius 2 is 0.488 bits per heavy atom. The SMILES string of the molecule is CCCCOP(=O)(OCCCC)OP(=O)(OP(=O)(OCCCC)OCCCC)OP(=O)(OCCCC)OCCCC. The van der Waals surface area contributed by atoms with Crippen LogP contribution in [0.1, 0.15) is 119 Å². The van der Waals surface area contributed by atoms with E-state index in [1.165, 1.54) is 0 Å². The first-order chi connectivity index (χ1) is 19.5. The minimum absolute atomic E-state index is 0.0742. The van der Waals surface area contributed by atoms with E-state index in [4.69, 9.17) is 40.1 Å². The van der Waals surface area contributed by atoms with Gasteiger partial charge >= 0.3 is 31.3 Å². The standard InChI is InChI=1S/C24H54O13P4/c1-7-13-19-29-38(25,30-20-14-8-2)35-41(28,36-39(26,31-21-15-9-3)32-22-16-10-4)37-40(27,33-23-17-11-5)34-24-18-12-6/h7-24H2,1-6H3. The molecule has 0 radical (unpaired) electrons. The summed E-state index contributed by atoms with van der Waals surface area (Å²) < 4.78 is 103. The first-order valence-corrected chi connectivity index (χ1v) is 20.7. The molecule has 0 aliphatic heterocycles. The zero-order chi connectivity index (χ0) is 31.1. The van der Waals surface area contributed by atoms with Crippen molar-refractivity contribution in [3.05, 3.63) is 0 Å². The molecule has 0 N–H and O–H groups in total. The first-order valence-electron chi connectivity index (χ1n) is 14.9. The van der Waals surface area contributed by atoms with Gasteiger partial charge in [0.15, 0.2) is 0 Å². The second kappa shape index (κ2) is 23.9. The molecule has 0 fully saturated rings. The zero-order valence-corrected chi connectivity index (χ0v) is 29.4. The van der Waals surface area contributed by atoms with E-state index in [0.29, 0.717) is 77.0 Å². The van der Waals surface area contributed by atoms with Crippen molar-refractivity contribution in [1.29, 1.82) is 0 Å². The smallest absolute Gasteiger partial charge is 0.287 e. The van der Waals surface area contributed by atoms with Crippen LogP contribution in [0.25, 0.3) is 0 Å². The maximum absolute atomic E-state index is 14.2. The molecule has 41 heavy (non-hydrogen) atoms. The fourth-order valence-electron chi connectivity index (χ4n) is 2.59. The van der Waals surface area contributed by atoms with Crippen LogP contribution in [0, 0.1) is 0 Å². The Labute approximate surface area is 247 Å². The van der Waals surface area contributed by atoms with Gasteiger partial charge in [-0.15, -0.1) is 0 Å². The van der Waals surface area contributed by atoms with E-state index in [9.17, 15) is 18.3 Å². The summed E-state index contributed by atoms with van der Waals surface area (Å²) in [4.78, 5) is 0. The quantitative estimate of drug-likeness (QED) is 0.0525. The lowest BCUT2D eigenvalue weighted by Gasteiger charge is -2.27. The van der Waals surface area contributed by atoms with E-state index in [1.807, 2.05) is 41.5 Å². The van der Waals surface area contributed by atoms with Crippen molar-refractivity contribution in [1.82, 2.24) is 0 Å². The molecule has 0 spiro atoms. The predicted octanol–water partition coefficient (Wildman–Crippen LogP) is 10.4. The van der Waals surface area contributed by atoms with Gasteiger partial charge in [0, 0.05) is 0 Å². The van der Waals surface area contributed by atoms with E-state index >= 15 is 0 Å². The Bertz CT molecular complexity index is 696. The van der Waals surface area contributed by atoms with Crippen molar-refractivity contribution in [3.63, 3.8) is 0 Å². The maximum atomic E-state index is 14.2. The Morgan fingerprint density at radius 1 is 0.317 bits per heavy atom. The van der Waals surface area contributed by atoms with Crippen molar-refractivity contribution in [2.45, 2.75) is 119 Å². The summed E-state index contributed by atoms with van der Waals surface area (Å²) in [5, 5.41) is 0. The van der Waals surface area contributed by atoms with Gasteiger partial charge in [-0.2, -0.15) is 12.9 Å². The molecule has 0 aromatic carbocycles. The third kappa shape index (κ3) is 20.3. The summed E-state index contributed by atoms with van der Waals surface area (Å²) in [6.07, 6.45) is 7.03. The molecule has 0 aromatic heterocycles. The minimum Gasteiger partial charge on any atom is -0.287 e. The Kier molecular flexibility index (Phi) is 24.2. The van der Waals surface area contributed by atoms with Crippen LogP contribution >= 0.6 is 31.3 Å². The predicted molar refractivity (Wildman–Crippen MR) is 159 cm³/mol. The second-order valence-electron chi connectivity index (χ2n) is 9.15. The van der Waals surface area contributed by atoms with Gasteiger partial charge < -0.3 is 0 Å². The van der Waals surface area contributed by atoms with Crippen LogP contribution in [0.15, 0.2) is 0 Å². The molecule has 0 unspecified atom stereocenters. The number of unbranched alkanes of at least 4 members (excludes halogenated alkanes) is 6. The number of phosphoric acid groups is 4. The van der Waals surface area contributed by atoms with Gasteiger partial charge in [0.1, 0.15) is 0 Å². The van der Waals surface area contributed by atoms with Crippen molar-refractivity contribution >= 4 is 31.3 Å². The highest BCUT2D eigenvalue weighted by molar-refractivity contribution is 7.72. The second-order valence-corrected chi connectivity index (χ2v) is 16.2. The summed E-state index contributed by atoms with van der Waals surface area (Å²) in [5.74, 6) is 0. The zero-order valence-electron chi connectivity index (χ0n) is 25.8. The van der Waals surface area contributed by atoms with Crippen LogP contribution in [0.5, 0.6) is 0 Å². The summed E-state index contributed by atoms with van der Waals surface area (Å²) in [6.45, 7) is 10.9. The van der Waals surface area contributed by atoms with E-state index < -0.39 is 31.3 Å². The summed E-state index contributed by atoms with van der Waals surface area (Å²) in [5.41, 5.74) is 0. The monoisotopic (exact) mass is 674 g/mol. The van der Waals surface area contributed by atoms with Crippen molar-refractivity contribution < 1.29 is 58.3 Å². The van der Waals surface area contributed by atoms with Crippen molar-refractivity contribution in [2.75, 3.05) is 39.6 Å². The van der Waals surface area contributed by atoms with Crippen molar-refractivity contribution in [3.8, 4) is 0 Å². The highest BCUT2D eigenvalue weighted by Crippen LogP contribution is 2.78. The molecule has 0 aromatic rings. The van der Waals surface area contributed by atoms with E-state index in [1.54, 1.807) is 0 Å². The van der Waals surface area contributed by atoms with Crippen LogP contribution < -0.4 is 0 Å². The summed E-state index contributed by atoms with van der Waals surface area (Å²) in [6, 6.07) is 0. The van der Waals surface area contributed by atoms with Gasteiger partial charge in [0.25, 0.3) is 0 Å². The molecule has 0 atom stereocenters. The topological polar surface area (TPSA) is 151 Å². The fraction of sp³-hybridized carbons (Fsp3) is 1.00. The third-order valence-corrected chi connectivity index (χ3v) is 12.9. The first kappa shape index (κ1) is 41.6. The third-order valence-electron chi connectivity index (χ3n) is 5.08. The highest BCUT2D eigenvalue weighted by atomic mass is 31.3. The molecule has 17 heteroatoms. The molecular formula is C24H54O13P4. The van der Waals surface area contributed by atoms with Crippen LogP contribution in [0.4, 0.5) is 0 Å². The van der Waals surface area contributed by atoms with Crippen molar-refractivity contribution in [2.24, 2.45) is 0 Å². The molecule has 0 rings (SSSR count). The number of phosphoric ester groups is 3. The number of hydrogen-bond acceptors (Lipinski definition) is 13. The average molecular weight is 675 g/mol. The molecule has 248 valence electrons. The Balaban J connectivity index is 6.51. The maximum Gasteiger partial charge on any atom is 0.501 e. The minimum atomic E-state index is -5.42. The average Bonchev–Trinajstić information content (AvgIpc) is 2.89. The summed E-state index contributed by atoms with van der Waals surface area (Å²) >= 11 is 0. The van der Waals surface area contributed by atoms with Gasteiger partial charge in [0.05, 0.1) is 39.6 Å².